The number of benzene rings is 2. The fourth-order valence-electron chi connectivity index (χ4n) is 1.77. The maximum absolute atomic E-state index is 12.1. The second kappa shape index (κ2) is 7.41. The molecule has 2 rings (SSSR count). The summed E-state index contributed by atoms with van der Waals surface area (Å²) < 4.78 is 26.2. The molecule has 0 unspecified atom stereocenters. The van der Waals surface area contributed by atoms with Crippen LogP contribution < -0.4 is 10.0 Å². The van der Waals surface area contributed by atoms with Crippen molar-refractivity contribution in [1.82, 2.24) is 4.72 Å². The Balaban J connectivity index is 2.09. The molecule has 5 nitrogen and oxygen atoms in total. The highest BCUT2D eigenvalue weighted by Crippen LogP contribution is 2.16. The largest absolute Gasteiger partial charge is 0.322 e. The monoisotopic (exact) mass is 350 g/mol. The zero-order valence-electron chi connectivity index (χ0n) is 12.1. The van der Waals surface area contributed by atoms with Crippen LogP contribution in [0.3, 0.4) is 0 Å². The van der Waals surface area contributed by atoms with Gasteiger partial charge in [0.15, 0.2) is 0 Å². The molecule has 7 heteroatoms. The van der Waals surface area contributed by atoms with Crippen molar-refractivity contribution in [3.05, 3.63) is 71.8 Å². The molecule has 0 saturated carbocycles. The molecule has 2 aromatic rings. The number of carbonyl (C=O) groups is 1. The zero-order chi connectivity index (χ0) is 16.9. The number of hydrogen-bond donors (Lipinski definition) is 2. The lowest BCUT2D eigenvalue weighted by Crippen LogP contribution is -2.23. The zero-order valence-corrected chi connectivity index (χ0v) is 13.7. The molecule has 1 amide bonds. The summed E-state index contributed by atoms with van der Waals surface area (Å²) in [5.41, 5.74) is 0.950. The van der Waals surface area contributed by atoms with E-state index in [1.807, 2.05) is 0 Å². The Labute approximate surface area is 140 Å². The first kappa shape index (κ1) is 17.2. The third-order valence-electron chi connectivity index (χ3n) is 2.95. The van der Waals surface area contributed by atoms with E-state index in [-0.39, 0.29) is 17.3 Å². The summed E-state index contributed by atoms with van der Waals surface area (Å²) in [6.45, 7) is 3.61. The standard InChI is InChI=1S/C16H15ClN2O3S/c1-2-11-18-23(21,22)15-9-7-14(8-10-15)19-16(20)12-3-5-13(17)6-4-12/h2-10,18H,1,11H2,(H,19,20). The van der Waals surface area contributed by atoms with Crippen LogP contribution in [0.15, 0.2) is 66.1 Å². The van der Waals surface area contributed by atoms with Gasteiger partial charge in [-0.1, -0.05) is 17.7 Å². The van der Waals surface area contributed by atoms with E-state index in [9.17, 15) is 13.2 Å². The highest BCUT2D eigenvalue weighted by atomic mass is 35.5. The summed E-state index contributed by atoms with van der Waals surface area (Å²) in [5.74, 6) is -0.304. The molecule has 0 aliphatic heterocycles. The first-order chi connectivity index (χ1) is 10.9. The van der Waals surface area contributed by atoms with Crippen molar-refractivity contribution in [2.45, 2.75) is 4.90 Å². The number of halogens is 1. The minimum atomic E-state index is -3.57. The van der Waals surface area contributed by atoms with Gasteiger partial charge in [0.05, 0.1) is 4.90 Å². The van der Waals surface area contributed by atoms with Crippen LogP contribution in [0.4, 0.5) is 5.69 Å². The fraction of sp³-hybridized carbons (Fsp3) is 0.0625. The molecule has 0 aliphatic rings. The molecule has 0 radical (unpaired) electrons. The van der Waals surface area contributed by atoms with Crippen molar-refractivity contribution in [3.63, 3.8) is 0 Å². The lowest BCUT2D eigenvalue weighted by Gasteiger charge is -2.08. The van der Waals surface area contributed by atoms with Gasteiger partial charge in [-0.25, -0.2) is 13.1 Å². The van der Waals surface area contributed by atoms with Crippen molar-refractivity contribution in [2.24, 2.45) is 0 Å². The molecule has 0 aliphatic carbocycles. The first-order valence-electron chi connectivity index (χ1n) is 6.70. The Morgan fingerprint density at radius 1 is 1.09 bits per heavy atom. The van der Waals surface area contributed by atoms with Crippen LogP contribution in [0.25, 0.3) is 0 Å². The highest BCUT2D eigenvalue weighted by molar-refractivity contribution is 7.89. The first-order valence-corrected chi connectivity index (χ1v) is 8.56. The Hall–Kier alpha value is -2.15. The predicted molar refractivity (Wildman–Crippen MR) is 91.2 cm³/mol. The molecule has 2 N–H and O–H groups in total. The lowest BCUT2D eigenvalue weighted by atomic mass is 10.2. The molecule has 2 aromatic carbocycles. The fourth-order valence-corrected chi connectivity index (χ4v) is 2.90. The van der Waals surface area contributed by atoms with E-state index in [1.54, 1.807) is 24.3 Å². The van der Waals surface area contributed by atoms with Crippen LogP contribution in [0.1, 0.15) is 10.4 Å². The lowest BCUT2D eigenvalue weighted by molar-refractivity contribution is 0.102. The van der Waals surface area contributed by atoms with E-state index in [4.69, 9.17) is 11.6 Å². The molecule has 0 spiro atoms. The molecular weight excluding hydrogens is 336 g/mol. The Bertz CT molecular complexity index is 800. The summed E-state index contributed by atoms with van der Waals surface area (Å²) in [7, 11) is -3.57. The highest BCUT2D eigenvalue weighted by Gasteiger charge is 2.13. The molecule has 0 saturated heterocycles. The molecule has 120 valence electrons. The SMILES string of the molecule is C=CCNS(=O)(=O)c1ccc(NC(=O)c2ccc(Cl)cc2)cc1. The van der Waals surface area contributed by atoms with Crippen LogP contribution >= 0.6 is 11.6 Å². The van der Waals surface area contributed by atoms with Crippen LogP contribution in [-0.2, 0) is 10.0 Å². The van der Waals surface area contributed by atoms with E-state index in [1.165, 1.54) is 30.3 Å². The van der Waals surface area contributed by atoms with Crippen LogP contribution in [0.5, 0.6) is 0 Å². The van der Waals surface area contributed by atoms with Crippen molar-refractivity contribution in [3.8, 4) is 0 Å². The number of carbonyl (C=O) groups excluding carboxylic acids is 1. The van der Waals surface area contributed by atoms with Crippen LogP contribution in [0.2, 0.25) is 5.02 Å². The second-order valence-electron chi connectivity index (χ2n) is 4.63. The molecule has 0 fully saturated rings. The molecular formula is C16H15ClN2O3S. The van der Waals surface area contributed by atoms with Crippen LogP contribution in [0, 0.1) is 0 Å². The molecule has 0 aromatic heterocycles. The Kier molecular flexibility index (Phi) is 5.54. The van der Waals surface area contributed by atoms with Gasteiger partial charge in [-0.05, 0) is 48.5 Å². The second-order valence-corrected chi connectivity index (χ2v) is 6.83. The van der Waals surface area contributed by atoms with E-state index in [0.29, 0.717) is 16.3 Å². The van der Waals surface area contributed by atoms with Gasteiger partial charge in [0.1, 0.15) is 0 Å². The molecule has 23 heavy (non-hydrogen) atoms. The minimum Gasteiger partial charge on any atom is -0.322 e. The maximum Gasteiger partial charge on any atom is 0.255 e. The van der Waals surface area contributed by atoms with Crippen LogP contribution in [-0.4, -0.2) is 20.9 Å². The van der Waals surface area contributed by atoms with Crippen molar-refractivity contribution in [1.29, 1.82) is 0 Å². The number of hydrogen-bond acceptors (Lipinski definition) is 3. The third-order valence-corrected chi connectivity index (χ3v) is 4.64. The minimum absolute atomic E-state index is 0.115. The number of sulfonamides is 1. The van der Waals surface area contributed by atoms with Gasteiger partial charge in [-0.15, -0.1) is 6.58 Å². The predicted octanol–water partition coefficient (Wildman–Crippen LogP) is 3.06. The molecule has 0 heterocycles. The van der Waals surface area contributed by atoms with E-state index in [2.05, 4.69) is 16.6 Å². The van der Waals surface area contributed by atoms with Gasteiger partial charge < -0.3 is 5.32 Å². The van der Waals surface area contributed by atoms with Crippen molar-refractivity contribution < 1.29 is 13.2 Å². The molecule has 0 atom stereocenters. The van der Waals surface area contributed by atoms with Gasteiger partial charge in [-0.3, -0.25) is 4.79 Å². The van der Waals surface area contributed by atoms with E-state index < -0.39 is 10.0 Å². The maximum atomic E-state index is 12.1. The normalized spacial score (nSPS) is 11.0. The number of amides is 1. The number of nitrogens with one attached hydrogen (secondary N) is 2. The summed E-state index contributed by atoms with van der Waals surface area (Å²) in [6.07, 6.45) is 1.46. The van der Waals surface area contributed by atoms with Crippen molar-refractivity contribution in [2.75, 3.05) is 11.9 Å². The van der Waals surface area contributed by atoms with Gasteiger partial charge in [0.2, 0.25) is 10.0 Å². The van der Waals surface area contributed by atoms with Gasteiger partial charge in [-0.2, -0.15) is 0 Å². The van der Waals surface area contributed by atoms with Gasteiger partial charge in [0, 0.05) is 22.8 Å². The smallest absolute Gasteiger partial charge is 0.255 e. The van der Waals surface area contributed by atoms with Gasteiger partial charge in [0.25, 0.3) is 5.91 Å². The average molecular weight is 351 g/mol. The topological polar surface area (TPSA) is 75.3 Å². The average Bonchev–Trinajstić information content (AvgIpc) is 2.54. The van der Waals surface area contributed by atoms with Gasteiger partial charge >= 0.3 is 0 Å². The van der Waals surface area contributed by atoms with Crippen molar-refractivity contribution >= 4 is 33.2 Å². The quantitative estimate of drug-likeness (QED) is 0.786. The Morgan fingerprint density at radius 2 is 1.70 bits per heavy atom. The summed E-state index contributed by atoms with van der Waals surface area (Å²) >= 11 is 5.77. The summed E-state index contributed by atoms with van der Waals surface area (Å²) in [5, 5.41) is 3.23. The Morgan fingerprint density at radius 3 is 2.26 bits per heavy atom. The number of rotatable bonds is 6. The third kappa shape index (κ3) is 4.66. The number of anilines is 1. The van der Waals surface area contributed by atoms with E-state index in [0.717, 1.165) is 0 Å². The molecule has 0 bridgehead atoms. The summed E-state index contributed by atoms with van der Waals surface area (Å²) in [4.78, 5) is 12.2. The van der Waals surface area contributed by atoms with E-state index >= 15 is 0 Å². The summed E-state index contributed by atoms with van der Waals surface area (Å²) in [6, 6.07) is 12.3.